The van der Waals surface area contributed by atoms with Crippen LogP contribution in [0.5, 0.6) is 0 Å². The van der Waals surface area contributed by atoms with Crippen LogP contribution in [0.25, 0.3) is 0 Å². The van der Waals surface area contributed by atoms with E-state index in [0.717, 1.165) is 12.1 Å². The molecule has 2 aromatic carbocycles. The van der Waals surface area contributed by atoms with Gasteiger partial charge in [-0.25, -0.2) is 8.60 Å². The van der Waals surface area contributed by atoms with Crippen molar-refractivity contribution >= 4 is 22.9 Å². The summed E-state index contributed by atoms with van der Waals surface area (Å²) in [6.45, 7) is 0. The van der Waals surface area contributed by atoms with Gasteiger partial charge in [0.15, 0.2) is 0 Å². The average molecular weight is 305 g/mol. The first-order valence-electron chi connectivity index (χ1n) is 5.91. The fourth-order valence-corrected chi connectivity index (χ4v) is 2.61. The maximum Gasteiger partial charge on any atom is 0.286 e. The molecule has 0 aromatic heterocycles. The van der Waals surface area contributed by atoms with Crippen molar-refractivity contribution in [1.29, 1.82) is 0 Å². The van der Waals surface area contributed by atoms with Gasteiger partial charge in [-0.2, -0.15) is 4.28 Å². The van der Waals surface area contributed by atoms with Gasteiger partial charge in [0.25, 0.3) is 11.8 Å². The largest absolute Gasteiger partial charge is 0.286 e. The van der Waals surface area contributed by atoms with Crippen LogP contribution in [0.1, 0.15) is 20.7 Å². The normalized spacial score (nSPS) is 15.2. The standard InChI is InChI=1S/C14H8FNO4S/c15-9-5-7-10(8-6-9)21(19)20-16-13(17)11-3-1-2-4-12(11)14(16)18/h1-8H. The highest BCUT2D eigenvalue weighted by Crippen LogP contribution is 2.24. The van der Waals surface area contributed by atoms with Crippen molar-refractivity contribution in [2.75, 3.05) is 0 Å². The van der Waals surface area contributed by atoms with Crippen molar-refractivity contribution in [3.8, 4) is 0 Å². The lowest BCUT2D eigenvalue weighted by Crippen LogP contribution is -2.30. The van der Waals surface area contributed by atoms with Crippen molar-refractivity contribution in [2.24, 2.45) is 0 Å². The lowest BCUT2D eigenvalue weighted by Gasteiger charge is -2.11. The van der Waals surface area contributed by atoms with Crippen molar-refractivity contribution in [3.63, 3.8) is 0 Å². The highest BCUT2D eigenvalue weighted by Gasteiger charge is 2.38. The molecule has 1 aliphatic heterocycles. The zero-order valence-corrected chi connectivity index (χ0v) is 11.3. The first kappa shape index (κ1) is 13.6. The monoisotopic (exact) mass is 305 g/mol. The molecule has 0 fully saturated rings. The van der Waals surface area contributed by atoms with Crippen molar-refractivity contribution in [3.05, 3.63) is 65.5 Å². The van der Waals surface area contributed by atoms with E-state index in [-0.39, 0.29) is 16.0 Å². The first-order valence-corrected chi connectivity index (χ1v) is 6.99. The Labute approximate surface area is 121 Å². The van der Waals surface area contributed by atoms with Crippen LogP contribution in [-0.2, 0) is 15.4 Å². The molecule has 21 heavy (non-hydrogen) atoms. The average Bonchev–Trinajstić information content (AvgIpc) is 2.73. The lowest BCUT2D eigenvalue weighted by molar-refractivity contribution is -0.00634. The number of hydrogen-bond donors (Lipinski definition) is 0. The Hall–Kier alpha value is -2.38. The summed E-state index contributed by atoms with van der Waals surface area (Å²) in [4.78, 5) is 24.2. The summed E-state index contributed by atoms with van der Waals surface area (Å²) in [7, 11) is 0. The summed E-state index contributed by atoms with van der Waals surface area (Å²) in [6.07, 6.45) is 0. The van der Waals surface area contributed by atoms with Gasteiger partial charge in [0, 0.05) is 0 Å². The van der Waals surface area contributed by atoms with Gasteiger partial charge in [-0.3, -0.25) is 9.59 Å². The summed E-state index contributed by atoms with van der Waals surface area (Å²) in [5.41, 5.74) is 0.386. The SMILES string of the molecule is O=C1c2ccccc2C(=O)N1OS(=O)c1ccc(F)cc1. The van der Waals surface area contributed by atoms with Gasteiger partial charge in [0.05, 0.1) is 16.0 Å². The molecule has 1 unspecified atom stereocenters. The number of amides is 2. The van der Waals surface area contributed by atoms with Crippen LogP contribution in [-0.4, -0.2) is 21.1 Å². The molecule has 1 aliphatic rings. The molecular weight excluding hydrogens is 297 g/mol. The van der Waals surface area contributed by atoms with Crippen LogP contribution in [0.15, 0.2) is 53.4 Å². The maximum atomic E-state index is 12.8. The second-order valence-electron chi connectivity index (χ2n) is 4.21. The summed E-state index contributed by atoms with van der Waals surface area (Å²) in [5.74, 6) is -1.84. The smallest absolute Gasteiger partial charge is 0.266 e. The predicted molar refractivity (Wildman–Crippen MR) is 70.8 cm³/mol. The third kappa shape index (κ3) is 2.37. The number of rotatable bonds is 3. The van der Waals surface area contributed by atoms with E-state index in [1.165, 1.54) is 24.3 Å². The molecule has 3 rings (SSSR count). The van der Waals surface area contributed by atoms with Crippen LogP contribution in [0.3, 0.4) is 0 Å². The Balaban J connectivity index is 1.84. The summed E-state index contributed by atoms with van der Waals surface area (Å²) in [5, 5.41) is 0.462. The predicted octanol–water partition coefficient (Wildman–Crippen LogP) is 2.08. The number of carbonyl (C=O) groups excluding carboxylic acids is 2. The zero-order valence-electron chi connectivity index (χ0n) is 10.5. The molecule has 1 heterocycles. The summed E-state index contributed by atoms with van der Waals surface area (Å²) < 4.78 is 29.7. The molecule has 5 nitrogen and oxygen atoms in total. The van der Waals surface area contributed by atoms with Gasteiger partial charge in [-0.1, -0.05) is 12.1 Å². The van der Waals surface area contributed by atoms with E-state index in [2.05, 4.69) is 0 Å². The molecule has 0 aliphatic carbocycles. The summed E-state index contributed by atoms with van der Waals surface area (Å²) in [6, 6.07) is 10.9. The Morgan fingerprint density at radius 2 is 1.43 bits per heavy atom. The number of hydroxylamine groups is 2. The van der Waals surface area contributed by atoms with Crippen molar-refractivity contribution in [1.82, 2.24) is 5.06 Å². The fourth-order valence-electron chi connectivity index (χ4n) is 1.89. The van der Waals surface area contributed by atoms with E-state index in [4.69, 9.17) is 4.28 Å². The molecule has 2 aromatic rings. The van der Waals surface area contributed by atoms with E-state index in [1.807, 2.05) is 0 Å². The van der Waals surface area contributed by atoms with Gasteiger partial charge >= 0.3 is 0 Å². The highest BCUT2D eigenvalue weighted by atomic mass is 32.2. The van der Waals surface area contributed by atoms with Crippen LogP contribution < -0.4 is 0 Å². The van der Waals surface area contributed by atoms with E-state index >= 15 is 0 Å². The molecule has 2 amide bonds. The van der Waals surface area contributed by atoms with Crippen LogP contribution >= 0.6 is 0 Å². The molecule has 7 heteroatoms. The second-order valence-corrected chi connectivity index (χ2v) is 5.30. The lowest BCUT2D eigenvalue weighted by atomic mass is 10.1. The molecule has 0 N–H and O–H groups in total. The Bertz CT molecular complexity index is 725. The molecule has 0 saturated carbocycles. The maximum absolute atomic E-state index is 12.8. The minimum Gasteiger partial charge on any atom is -0.266 e. The molecule has 0 radical (unpaired) electrons. The van der Waals surface area contributed by atoms with E-state index in [1.54, 1.807) is 12.1 Å². The Morgan fingerprint density at radius 3 is 1.95 bits per heavy atom. The minimum atomic E-state index is -2.09. The quantitative estimate of drug-likeness (QED) is 0.814. The summed E-state index contributed by atoms with van der Waals surface area (Å²) >= 11 is -2.09. The topological polar surface area (TPSA) is 63.7 Å². The number of nitrogens with zero attached hydrogens (tertiary/aromatic N) is 1. The molecule has 1 atom stereocenters. The fraction of sp³-hybridized carbons (Fsp3) is 0. The molecule has 0 bridgehead atoms. The van der Waals surface area contributed by atoms with Gasteiger partial charge in [0.2, 0.25) is 11.1 Å². The van der Waals surface area contributed by atoms with Crippen molar-refractivity contribution < 1.29 is 22.5 Å². The Kier molecular flexibility index (Phi) is 3.36. The second kappa shape index (κ2) is 5.19. The van der Waals surface area contributed by atoms with Crippen LogP contribution in [0.4, 0.5) is 4.39 Å². The third-order valence-electron chi connectivity index (χ3n) is 2.91. The molecule has 0 saturated heterocycles. The highest BCUT2D eigenvalue weighted by molar-refractivity contribution is 7.80. The molecule has 106 valence electrons. The van der Waals surface area contributed by atoms with Gasteiger partial charge in [-0.15, -0.1) is 5.06 Å². The van der Waals surface area contributed by atoms with Crippen LogP contribution in [0.2, 0.25) is 0 Å². The van der Waals surface area contributed by atoms with Crippen molar-refractivity contribution in [2.45, 2.75) is 4.90 Å². The minimum absolute atomic E-state index is 0.146. The Morgan fingerprint density at radius 1 is 0.905 bits per heavy atom. The third-order valence-corrected chi connectivity index (χ3v) is 3.85. The van der Waals surface area contributed by atoms with E-state index in [9.17, 15) is 18.2 Å². The van der Waals surface area contributed by atoms with E-state index in [0.29, 0.717) is 5.06 Å². The van der Waals surface area contributed by atoms with Gasteiger partial charge < -0.3 is 0 Å². The van der Waals surface area contributed by atoms with Gasteiger partial charge in [-0.05, 0) is 36.4 Å². The number of fused-ring (bicyclic) bond motifs is 1. The van der Waals surface area contributed by atoms with Gasteiger partial charge in [0.1, 0.15) is 5.82 Å². The number of imide groups is 1. The number of benzene rings is 2. The molecular formula is C14H8FNO4S. The number of hydrogen-bond acceptors (Lipinski definition) is 4. The zero-order chi connectivity index (χ0) is 15.0. The number of halogens is 1. The van der Waals surface area contributed by atoms with Crippen LogP contribution in [0, 0.1) is 5.82 Å². The van der Waals surface area contributed by atoms with E-state index < -0.39 is 28.7 Å². The number of carbonyl (C=O) groups is 2. The first-order chi connectivity index (χ1) is 10.1. The molecule has 0 spiro atoms.